The van der Waals surface area contributed by atoms with Gasteiger partial charge in [-0.2, -0.15) is 0 Å². The van der Waals surface area contributed by atoms with Crippen molar-refractivity contribution in [3.8, 4) is 0 Å². The molecule has 0 bridgehead atoms. The van der Waals surface area contributed by atoms with E-state index in [2.05, 4.69) is 19.1 Å². The average Bonchev–Trinajstić information content (AvgIpc) is 1.97. The molecule has 0 radical (unpaired) electrons. The van der Waals surface area contributed by atoms with Crippen LogP contribution in [-0.4, -0.2) is 28.9 Å². The monoisotopic (exact) mass is 186 g/mol. The quantitative estimate of drug-likeness (QED) is 0.259. The van der Waals surface area contributed by atoms with Gasteiger partial charge in [0.2, 0.25) is 0 Å². The van der Waals surface area contributed by atoms with Crippen LogP contribution in [0.4, 0.5) is 0 Å². The maximum Gasteiger partial charge on any atom is 0.316 e. The van der Waals surface area contributed by atoms with Crippen LogP contribution >= 0.6 is 11.6 Å². The molecule has 0 heterocycles. The Kier molecular flexibility index (Phi) is 17.4. The molecule has 0 aliphatic rings. The topological polar surface area (TPSA) is 0 Å². The van der Waals surface area contributed by atoms with Gasteiger partial charge in [0.05, 0.1) is 0 Å². The van der Waals surface area contributed by atoms with Crippen molar-refractivity contribution in [2.24, 2.45) is 0 Å². The average molecular weight is 187 g/mol. The van der Waals surface area contributed by atoms with E-state index in [1.165, 1.54) is 19.3 Å². The Hall–Kier alpha value is 0.796. The van der Waals surface area contributed by atoms with Crippen molar-refractivity contribution in [3.63, 3.8) is 0 Å². The smallest absolute Gasteiger partial charge is 0.127 e. The summed E-state index contributed by atoms with van der Waals surface area (Å²) in [5.74, 6) is 0.790. The van der Waals surface area contributed by atoms with Crippen LogP contribution in [0.2, 0.25) is 0 Å². The number of halogens is 1. The van der Waals surface area contributed by atoms with Gasteiger partial charge in [0, 0.05) is 5.88 Å². The van der Waals surface area contributed by atoms with Crippen LogP contribution in [0.25, 0.3) is 0 Å². The van der Waals surface area contributed by atoms with Crippen molar-refractivity contribution >= 4 is 34.7 Å². The van der Waals surface area contributed by atoms with Crippen molar-refractivity contribution in [1.82, 2.24) is 0 Å². The minimum atomic E-state index is 0. The summed E-state index contributed by atoms with van der Waals surface area (Å²) in [5.41, 5.74) is 0. The lowest BCUT2D eigenvalue weighted by molar-refractivity contribution is 0.810. The molecule has 0 saturated heterocycles. The van der Waals surface area contributed by atoms with Crippen LogP contribution in [0.1, 0.15) is 39.0 Å². The summed E-state index contributed by atoms with van der Waals surface area (Å²) in [6, 6.07) is 0. The number of hydrogen-bond donors (Lipinski definition) is 0. The van der Waals surface area contributed by atoms with Crippen LogP contribution in [-0.2, 0) is 0 Å². The maximum atomic E-state index is 5.51. The summed E-state index contributed by atoms with van der Waals surface area (Å²) in [6.07, 6.45) is 10.6. The van der Waals surface area contributed by atoms with Crippen molar-refractivity contribution in [2.75, 3.05) is 5.88 Å². The van der Waals surface area contributed by atoms with Crippen LogP contribution in [0.15, 0.2) is 12.2 Å². The van der Waals surface area contributed by atoms with E-state index in [1.807, 2.05) is 0 Å². The molecule has 2 heteroatoms. The molecule has 64 valence electrons. The molecule has 0 atom stereocenters. The van der Waals surface area contributed by atoms with E-state index in [1.54, 1.807) is 0 Å². The fourth-order valence-corrected chi connectivity index (χ4v) is 0.907. The Morgan fingerprint density at radius 3 is 2.09 bits per heavy atom. The number of allylic oxidation sites excluding steroid dienone is 2. The summed E-state index contributed by atoms with van der Waals surface area (Å²) in [4.78, 5) is 0. The normalized spacial score (nSPS) is 10.0. The first-order valence-corrected chi connectivity index (χ1v) is 4.66. The highest BCUT2D eigenvalue weighted by Crippen LogP contribution is 1.98. The van der Waals surface area contributed by atoms with Crippen LogP contribution in [0.3, 0.4) is 0 Å². The Balaban J connectivity index is 0. The van der Waals surface area contributed by atoms with E-state index in [0.29, 0.717) is 0 Å². The second kappa shape index (κ2) is 13.4. The van der Waals surface area contributed by atoms with Crippen molar-refractivity contribution < 1.29 is 0 Å². The van der Waals surface area contributed by atoms with Gasteiger partial charge in [-0.1, -0.05) is 31.9 Å². The van der Waals surface area contributed by atoms with Gasteiger partial charge in [0.25, 0.3) is 0 Å². The predicted molar refractivity (Wildman–Crippen MR) is 57.2 cm³/mol. The van der Waals surface area contributed by atoms with Gasteiger partial charge in [0.15, 0.2) is 0 Å². The van der Waals surface area contributed by atoms with Gasteiger partial charge in [-0.3, -0.25) is 0 Å². The van der Waals surface area contributed by atoms with Gasteiger partial charge in [-0.25, -0.2) is 0 Å². The Labute approximate surface area is 91.5 Å². The third-order valence-corrected chi connectivity index (χ3v) is 1.66. The highest BCUT2D eigenvalue weighted by molar-refractivity contribution is 6.17. The molecule has 0 aromatic heterocycles. The summed E-state index contributed by atoms with van der Waals surface area (Å²) in [6.45, 7) is 2.21. The Bertz CT molecular complexity index is 71.6. The minimum absolute atomic E-state index is 0. The van der Waals surface area contributed by atoms with Crippen molar-refractivity contribution in [3.05, 3.63) is 12.2 Å². The molecule has 0 rings (SSSR count). The zero-order chi connectivity index (χ0) is 7.66. The zero-order valence-corrected chi connectivity index (χ0v) is 7.53. The molecule has 0 aliphatic heterocycles. The second-order valence-electron chi connectivity index (χ2n) is 2.44. The fraction of sp³-hybridized carbons (Fsp3) is 0.778. The lowest BCUT2D eigenvalue weighted by Gasteiger charge is -1.88. The van der Waals surface area contributed by atoms with E-state index in [4.69, 9.17) is 11.6 Å². The molecule has 0 nitrogen and oxygen atoms in total. The van der Waals surface area contributed by atoms with Gasteiger partial charge in [0.1, 0.15) is 0 Å². The van der Waals surface area contributed by atoms with Crippen molar-refractivity contribution in [1.29, 1.82) is 0 Å². The van der Waals surface area contributed by atoms with E-state index in [-0.39, 0.29) is 23.1 Å². The number of hydrogen-bond acceptors (Lipinski definition) is 0. The molecular weight excluding hydrogens is 168 g/mol. The van der Waals surface area contributed by atoms with Crippen LogP contribution < -0.4 is 0 Å². The molecule has 0 aliphatic carbocycles. The largest absolute Gasteiger partial charge is 0.316 e. The van der Waals surface area contributed by atoms with Crippen molar-refractivity contribution in [2.45, 2.75) is 39.0 Å². The summed E-state index contributed by atoms with van der Waals surface area (Å²) in [5, 5.41) is 0. The van der Waals surface area contributed by atoms with Gasteiger partial charge in [-0.15, -0.1) is 11.6 Å². The van der Waals surface area contributed by atoms with E-state index < -0.39 is 0 Å². The highest BCUT2D eigenvalue weighted by Gasteiger charge is 1.79. The molecular formula is C9H19ClMg. The molecule has 0 spiro atoms. The first-order chi connectivity index (χ1) is 4.91. The highest BCUT2D eigenvalue weighted by atomic mass is 35.5. The van der Waals surface area contributed by atoms with Gasteiger partial charge in [-0.05, 0) is 19.3 Å². The summed E-state index contributed by atoms with van der Waals surface area (Å²) < 4.78 is 0. The third kappa shape index (κ3) is 13.7. The summed E-state index contributed by atoms with van der Waals surface area (Å²) in [7, 11) is 0. The first kappa shape index (κ1) is 14.3. The molecule has 0 unspecified atom stereocenters. The van der Waals surface area contributed by atoms with Gasteiger partial charge >= 0.3 is 23.1 Å². The molecule has 0 aromatic carbocycles. The van der Waals surface area contributed by atoms with Crippen LogP contribution in [0.5, 0.6) is 0 Å². The molecule has 0 fully saturated rings. The van der Waals surface area contributed by atoms with E-state index >= 15 is 0 Å². The standard InChI is InChI=1S/C9H17Cl.Mg.2H/c1-2-3-4-5-6-7-8-9-10;;;/h5-6H,2-4,7-9H2,1H3;;;/b6-5-;;;. The molecule has 0 aromatic rings. The molecule has 0 N–H and O–H groups in total. The van der Waals surface area contributed by atoms with Crippen LogP contribution in [0, 0.1) is 0 Å². The predicted octanol–water partition coefficient (Wildman–Crippen LogP) is 2.84. The lowest BCUT2D eigenvalue weighted by Crippen LogP contribution is -1.71. The second-order valence-corrected chi connectivity index (χ2v) is 2.82. The molecule has 11 heavy (non-hydrogen) atoms. The SMILES string of the molecule is CCCC/C=C\CCCCl.[MgH2]. The Morgan fingerprint density at radius 1 is 1.09 bits per heavy atom. The third-order valence-electron chi connectivity index (χ3n) is 1.40. The zero-order valence-electron chi connectivity index (χ0n) is 6.78. The first-order valence-electron chi connectivity index (χ1n) is 4.12. The summed E-state index contributed by atoms with van der Waals surface area (Å²) >= 11 is 5.51. The maximum absolute atomic E-state index is 5.51. The fourth-order valence-electron chi connectivity index (χ4n) is 0.753. The number of unbranched alkanes of at least 4 members (excludes halogenated alkanes) is 3. The molecule has 0 amide bonds. The minimum Gasteiger partial charge on any atom is -0.127 e. The lowest BCUT2D eigenvalue weighted by atomic mass is 10.2. The van der Waals surface area contributed by atoms with E-state index in [0.717, 1.165) is 18.7 Å². The number of rotatable bonds is 6. The number of alkyl halides is 1. The van der Waals surface area contributed by atoms with E-state index in [9.17, 15) is 0 Å². The Morgan fingerprint density at radius 2 is 1.64 bits per heavy atom. The van der Waals surface area contributed by atoms with Gasteiger partial charge < -0.3 is 0 Å². The molecule has 0 saturated carbocycles.